The smallest absolute Gasteiger partial charge is 0.246 e. The maximum atomic E-state index is 13.0. The van der Waals surface area contributed by atoms with E-state index in [1.54, 1.807) is 12.1 Å². The first kappa shape index (κ1) is 16.1. The van der Waals surface area contributed by atoms with Crippen LogP contribution in [0.5, 0.6) is 0 Å². The van der Waals surface area contributed by atoms with E-state index >= 15 is 0 Å². The number of tetrazole rings is 1. The summed E-state index contributed by atoms with van der Waals surface area (Å²) in [7, 11) is 0. The summed E-state index contributed by atoms with van der Waals surface area (Å²) >= 11 is 0. The third kappa shape index (κ3) is 3.39. The predicted molar refractivity (Wildman–Crippen MR) is 86.9 cm³/mol. The summed E-state index contributed by atoms with van der Waals surface area (Å²) < 4.78 is 18.5. The minimum absolute atomic E-state index is 0.00553. The van der Waals surface area contributed by atoms with E-state index in [0.717, 1.165) is 45.6 Å². The number of ether oxygens (including phenoxy) is 1. The lowest BCUT2D eigenvalue weighted by Gasteiger charge is -2.39. The zero-order valence-electron chi connectivity index (χ0n) is 13.9. The van der Waals surface area contributed by atoms with Crippen molar-refractivity contribution in [3.05, 3.63) is 30.1 Å². The van der Waals surface area contributed by atoms with Gasteiger partial charge in [0, 0.05) is 30.7 Å². The van der Waals surface area contributed by atoms with Gasteiger partial charge in [-0.25, -0.2) is 4.39 Å². The van der Waals surface area contributed by atoms with Crippen LogP contribution in [0.1, 0.15) is 19.3 Å². The first-order valence-electron chi connectivity index (χ1n) is 8.53. The van der Waals surface area contributed by atoms with Gasteiger partial charge in [0.05, 0.1) is 6.61 Å². The quantitative estimate of drug-likeness (QED) is 0.843. The van der Waals surface area contributed by atoms with Gasteiger partial charge in [0.15, 0.2) is 0 Å². The Bertz CT molecular complexity index is 755. The van der Waals surface area contributed by atoms with Crippen molar-refractivity contribution in [2.75, 3.05) is 26.3 Å². The van der Waals surface area contributed by atoms with E-state index in [1.165, 1.54) is 16.9 Å². The standard InChI is InChI=1S/C17H20FN5O2/c18-14-4-2-13(3-5-14)16-19-21-23(20-16)10-15(24)22-8-1-6-17(11-22)7-9-25-12-17/h2-5H,1,6-12H2/t17-/m1/s1. The molecule has 2 saturated heterocycles. The fourth-order valence-electron chi connectivity index (χ4n) is 3.64. The molecular formula is C17H20FN5O2. The maximum Gasteiger partial charge on any atom is 0.246 e. The normalized spacial score (nSPS) is 23.3. The van der Waals surface area contributed by atoms with Crippen molar-refractivity contribution < 1.29 is 13.9 Å². The highest BCUT2D eigenvalue weighted by Crippen LogP contribution is 2.37. The van der Waals surface area contributed by atoms with Crippen LogP contribution >= 0.6 is 0 Å². The highest BCUT2D eigenvalue weighted by Gasteiger charge is 2.40. The van der Waals surface area contributed by atoms with Crippen molar-refractivity contribution in [1.29, 1.82) is 0 Å². The molecule has 2 fully saturated rings. The second-order valence-corrected chi connectivity index (χ2v) is 6.87. The third-order valence-electron chi connectivity index (χ3n) is 5.03. The van der Waals surface area contributed by atoms with Crippen LogP contribution in [0.4, 0.5) is 4.39 Å². The van der Waals surface area contributed by atoms with E-state index in [0.29, 0.717) is 11.4 Å². The van der Waals surface area contributed by atoms with Gasteiger partial charge in [-0.2, -0.15) is 4.80 Å². The molecule has 0 unspecified atom stereocenters. The number of amides is 1. The Morgan fingerprint density at radius 1 is 1.28 bits per heavy atom. The lowest BCUT2D eigenvalue weighted by Crippen LogP contribution is -2.47. The number of hydrogen-bond donors (Lipinski definition) is 0. The molecule has 25 heavy (non-hydrogen) atoms. The number of aromatic nitrogens is 4. The summed E-state index contributed by atoms with van der Waals surface area (Å²) in [6, 6.07) is 5.87. The summed E-state index contributed by atoms with van der Waals surface area (Å²) in [6.07, 6.45) is 3.14. The fraction of sp³-hybridized carbons (Fsp3) is 0.529. The van der Waals surface area contributed by atoms with Crippen LogP contribution < -0.4 is 0 Å². The van der Waals surface area contributed by atoms with E-state index < -0.39 is 0 Å². The van der Waals surface area contributed by atoms with Crippen molar-refractivity contribution in [2.24, 2.45) is 5.41 Å². The number of piperidine rings is 1. The Hall–Kier alpha value is -2.35. The molecule has 4 rings (SSSR count). The van der Waals surface area contributed by atoms with Crippen LogP contribution in [0.15, 0.2) is 24.3 Å². The molecule has 1 aromatic carbocycles. The number of benzene rings is 1. The molecule has 0 saturated carbocycles. The van der Waals surface area contributed by atoms with E-state index in [4.69, 9.17) is 4.74 Å². The molecule has 1 spiro atoms. The molecule has 1 amide bonds. The summed E-state index contributed by atoms with van der Waals surface area (Å²) in [5, 5.41) is 12.1. The molecule has 7 nitrogen and oxygen atoms in total. The predicted octanol–water partition coefficient (Wildman–Crippen LogP) is 1.51. The molecule has 0 radical (unpaired) electrons. The molecule has 8 heteroatoms. The van der Waals surface area contributed by atoms with Gasteiger partial charge in [0.1, 0.15) is 12.4 Å². The van der Waals surface area contributed by atoms with Gasteiger partial charge >= 0.3 is 0 Å². The zero-order chi connectivity index (χ0) is 17.3. The van der Waals surface area contributed by atoms with E-state index in [1.807, 2.05) is 4.90 Å². The van der Waals surface area contributed by atoms with Crippen LogP contribution in [0.3, 0.4) is 0 Å². The number of hydrogen-bond acceptors (Lipinski definition) is 5. The molecule has 0 aliphatic carbocycles. The van der Waals surface area contributed by atoms with Gasteiger partial charge in [-0.1, -0.05) is 0 Å². The van der Waals surface area contributed by atoms with Crippen LogP contribution in [0.25, 0.3) is 11.4 Å². The lowest BCUT2D eigenvalue weighted by atomic mass is 9.79. The van der Waals surface area contributed by atoms with Crippen LogP contribution in [-0.2, 0) is 16.1 Å². The number of halogens is 1. The molecule has 0 N–H and O–H groups in total. The number of likely N-dealkylation sites (tertiary alicyclic amines) is 1. The largest absolute Gasteiger partial charge is 0.381 e. The Balaban J connectivity index is 1.42. The van der Waals surface area contributed by atoms with Crippen LogP contribution in [0, 0.1) is 11.2 Å². The van der Waals surface area contributed by atoms with E-state index in [2.05, 4.69) is 15.4 Å². The molecule has 0 bridgehead atoms. The molecule has 132 valence electrons. The lowest BCUT2D eigenvalue weighted by molar-refractivity contribution is -0.135. The van der Waals surface area contributed by atoms with Gasteiger partial charge < -0.3 is 9.64 Å². The molecule has 2 aliphatic heterocycles. The fourth-order valence-corrected chi connectivity index (χ4v) is 3.64. The third-order valence-corrected chi connectivity index (χ3v) is 5.03. The molecule has 2 aromatic rings. The van der Waals surface area contributed by atoms with Crippen molar-refractivity contribution >= 4 is 5.91 Å². The van der Waals surface area contributed by atoms with Crippen molar-refractivity contribution in [3.63, 3.8) is 0 Å². The van der Waals surface area contributed by atoms with Gasteiger partial charge in [0.2, 0.25) is 11.7 Å². The average molecular weight is 345 g/mol. The number of carbonyl (C=O) groups is 1. The Morgan fingerprint density at radius 3 is 2.88 bits per heavy atom. The van der Waals surface area contributed by atoms with Gasteiger partial charge in [-0.3, -0.25) is 4.79 Å². The van der Waals surface area contributed by atoms with Crippen molar-refractivity contribution in [1.82, 2.24) is 25.1 Å². The minimum Gasteiger partial charge on any atom is -0.381 e. The van der Waals surface area contributed by atoms with E-state index in [9.17, 15) is 9.18 Å². The van der Waals surface area contributed by atoms with Gasteiger partial charge in [0.25, 0.3) is 0 Å². The monoisotopic (exact) mass is 345 g/mol. The SMILES string of the molecule is O=C(Cn1nnc(-c2ccc(F)cc2)n1)N1CCC[C@@]2(CCOC2)C1. The topological polar surface area (TPSA) is 73.1 Å². The van der Waals surface area contributed by atoms with Crippen LogP contribution in [-0.4, -0.2) is 57.3 Å². The highest BCUT2D eigenvalue weighted by molar-refractivity contribution is 5.76. The Kier molecular flexibility index (Phi) is 4.20. The molecule has 1 aromatic heterocycles. The molecule has 3 heterocycles. The maximum absolute atomic E-state index is 13.0. The highest BCUT2D eigenvalue weighted by atomic mass is 19.1. The summed E-state index contributed by atoms with van der Waals surface area (Å²) in [5.41, 5.74) is 0.795. The molecule has 1 atom stereocenters. The summed E-state index contributed by atoms with van der Waals surface area (Å²) in [4.78, 5) is 15.8. The number of nitrogens with zero attached hydrogens (tertiary/aromatic N) is 5. The second kappa shape index (κ2) is 6.51. The number of rotatable bonds is 3. The minimum atomic E-state index is -0.318. The van der Waals surface area contributed by atoms with E-state index in [-0.39, 0.29) is 23.7 Å². The van der Waals surface area contributed by atoms with Gasteiger partial charge in [-0.05, 0) is 48.7 Å². The van der Waals surface area contributed by atoms with Crippen molar-refractivity contribution in [3.8, 4) is 11.4 Å². The number of carbonyl (C=O) groups excluding carboxylic acids is 1. The average Bonchev–Trinajstić information content (AvgIpc) is 3.26. The summed E-state index contributed by atoms with van der Waals surface area (Å²) in [5.74, 6) is 0.0578. The summed E-state index contributed by atoms with van der Waals surface area (Å²) in [6.45, 7) is 3.09. The van der Waals surface area contributed by atoms with Crippen molar-refractivity contribution in [2.45, 2.75) is 25.8 Å². The zero-order valence-corrected chi connectivity index (χ0v) is 13.9. The Labute approximate surface area is 144 Å². The Morgan fingerprint density at radius 2 is 2.12 bits per heavy atom. The van der Waals surface area contributed by atoms with Crippen LogP contribution in [0.2, 0.25) is 0 Å². The first-order chi connectivity index (χ1) is 12.1. The first-order valence-corrected chi connectivity index (χ1v) is 8.53. The molecule has 2 aliphatic rings. The molecular weight excluding hydrogens is 325 g/mol. The second-order valence-electron chi connectivity index (χ2n) is 6.87. The van der Waals surface area contributed by atoms with Gasteiger partial charge in [-0.15, -0.1) is 10.2 Å².